The fraction of sp³-hybridized carbons (Fsp3) is 0.353. The van der Waals surface area contributed by atoms with E-state index in [9.17, 15) is 9.59 Å². The van der Waals surface area contributed by atoms with E-state index < -0.39 is 11.6 Å². The molecule has 3 amide bonds. The lowest BCUT2D eigenvalue weighted by atomic mass is 9.91. The summed E-state index contributed by atoms with van der Waals surface area (Å²) in [5.74, 6) is 0.265. The largest absolute Gasteiger partial charge is 0.361 e. The average Bonchev–Trinajstić information content (AvgIpc) is 3.33. The molecule has 6 nitrogen and oxygen atoms in total. The summed E-state index contributed by atoms with van der Waals surface area (Å²) in [6.07, 6.45) is 3.96. The first-order chi connectivity index (χ1) is 19.2. The third kappa shape index (κ3) is 6.92. The Kier molecular flexibility index (Phi) is 9.30. The van der Waals surface area contributed by atoms with Crippen LogP contribution in [0.1, 0.15) is 75.1 Å². The molecule has 3 aromatic carbocycles. The molecule has 210 valence electrons. The summed E-state index contributed by atoms with van der Waals surface area (Å²) >= 11 is 0. The Bertz CT molecular complexity index is 1410. The number of carbonyl (C=O) groups excluding carboxylic acids is 2. The van der Waals surface area contributed by atoms with Crippen molar-refractivity contribution >= 4 is 28.5 Å². The van der Waals surface area contributed by atoms with Crippen molar-refractivity contribution in [1.82, 2.24) is 15.6 Å². The molecule has 0 aliphatic carbocycles. The van der Waals surface area contributed by atoms with Gasteiger partial charge in [0.1, 0.15) is 5.54 Å². The molecule has 40 heavy (non-hydrogen) atoms. The van der Waals surface area contributed by atoms with Crippen molar-refractivity contribution in [3.8, 4) is 0 Å². The van der Waals surface area contributed by atoms with Gasteiger partial charge in [-0.1, -0.05) is 94.4 Å². The van der Waals surface area contributed by atoms with Gasteiger partial charge in [0.15, 0.2) is 0 Å². The molecule has 6 heteroatoms. The molecule has 4 rings (SSSR count). The molecule has 1 atom stereocenters. The Morgan fingerprint density at radius 2 is 1.50 bits per heavy atom. The van der Waals surface area contributed by atoms with Crippen LogP contribution in [0.25, 0.3) is 10.9 Å². The maximum absolute atomic E-state index is 13.7. The second-order valence-electron chi connectivity index (χ2n) is 11.4. The number of amides is 3. The predicted octanol–water partition coefficient (Wildman–Crippen LogP) is 7.29. The minimum absolute atomic E-state index is 0.206. The number of aryl methyl sites for hydroxylation is 1. The highest BCUT2D eigenvalue weighted by atomic mass is 16.2. The summed E-state index contributed by atoms with van der Waals surface area (Å²) in [5.41, 5.74) is 5.01. The number of hydrogen-bond donors (Lipinski definition) is 4. The van der Waals surface area contributed by atoms with Gasteiger partial charge in [-0.3, -0.25) is 4.79 Å². The summed E-state index contributed by atoms with van der Waals surface area (Å²) < 4.78 is 0. The van der Waals surface area contributed by atoms with E-state index in [2.05, 4.69) is 72.9 Å². The van der Waals surface area contributed by atoms with E-state index in [0.29, 0.717) is 13.0 Å². The summed E-state index contributed by atoms with van der Waals surface area (Å²) in [5, 5.41) is 10.3. The van der Waals surface area contributed by atoms with Crippen molar-refractivity contribution in [3.05, 3.63) is 101 Å². The molecule has 0 aliphatic heterocycles. The monoisotopic (exact) mass is 538 g/mol. The number of rotatable bonds is 11. The van der Waals surface area contributed by atoms with E-state index in [1.807, 2.05) is 54.7 Å². The van der Waals surface area contributed by atoms with Gasteiger partial charge < -0.3 is 20.9 Å². The Hall–Kier alpha value is -4.06. The van der Waals surface area contributed by atoms with Gasteiger partial charge >= 0.3 is 6.03 Å². The number of benzene rings is 3. The fourth-order valence-corrected chi connectivity index (χ4v) is 5.26. The third-order valence-corrected chi connectivity index (χ3v) is 7.49. The molecule has 0 fully saturated rings. The van der Waals surface area contributed by atoms with Crippen LogP contribution in [0.5, 0.6) is 0 Å². The molecule has 0 bridgehead atoms. The van der Waals surface area contributed by atoms with Gasteiger partial charge in [-0.25, -0.2) is 4.79 Å². The molecule has 4 aromatic rings. The molecule has 0 saturated carbocycles. The number of H-pyrrole nitrogens is 1. The van der Waals surface area contributed by atoms with E-state index in [-0.39, 0.29) is 17.7 Å². The number of para-hydroxylation sites is 2. The Labute approximate surface area is 238 Å². The van der Waals surface area contributed by atoms with Crippen molar-refractivity contribution in [2.24, 2.45) is 0 Å². The van der Waals surface area contributed by atoms with Crippen molar-refractivity contribution in [1.29, 1.82) is 0 Å². The second kappa shape index (κ2) is 12.9. The van der Waals surface area contributed by atoms with Crippen LogP contribution >= 0.6 is 0 Å². The van der Waals surface area contributed by atoms with Crippen LogP contribution < -0.4 is 16.0 Å². The number of carbonyl (C=O) groups is 2. The van der Waals surface area contributed by atoms with Gasteiger partial charge in [0, 0.05) is 35.8 Å². The number of urea groups is 1. The van der Waals surface area contributed by atoms with Gasteiger partial charge in [0.05, 0.1) is 0 Å². The zero-order valence-electron chi connectivity index (χ0n) is 24.3. The molecule has 0 radical (unpaired) electrons. The molecular weight excluding hydrogens is 496 g/mol. The molecule has 0 aliphatic rings. The van der Waals surface area contributed by atoms with Crippen LogP contribution in [0.3, 0.4) is 0 Å². The maximum Gasteiger partial charge on any atom is 0.320 e. The minimum atomic E-state index is -1.17. The van der Waals surface area contributed by atoms with E-state index in [1.54, 1.807) is 6.92 Å². The Morgan fingerprint density at radius 3 is 2.17 bits per heavy atom. The van der Waals surface area contributed by atoms with Gasteiger partial charge in [-0.15, -0.1) is 0 Å². The maximum atomic E-state index is 13.7. The number of anilines is 1. The Balaban J connectivity index is 1.55. The van der Waals surface area contributed by atoms with Crippen molar-refractivity contribution in [3.63, 3.8) is 0 Å². The van der Waals surface area contributed by atoms with Crippen LogP contribution in [-0.2, 0) is 17.6 Å². The number of hydrogen-bond acceptors (Lipinski definition) is 2. The molecule has 1 aromatic heterocycles. The SMILES string of the molecule is CC(C)c1cccc(C(C)C)c1NC(=O)NC(C)(Cc1c[nH]c2ccccc12)C(=O)NCCCc1ccccc1. The third-order valence-electron chi connectivity index (χ3n) is 7.49. The Morgan fingerprint density at radius 1 is 0.850 bits per heavy atom. The van der Waals surface area contributed by atoms with Crippen LogP contribution in [0.4, 0.5) is 10.5 Å². The highest BCUT2D eigenvalue weighted by Gasteiger charge is 2.36. The normalized spacial score (nSPS) is 12.9. The summed E-state index contributed by atoms with van der Waals surface area (Å²) in [7, 11) is 0. The highest BCUT2D eigenvalue weighted by Crippen LogP contribution is 2.32. The quantitative estimate of drug-likeness (QED) is 0.151. The molecular formula is C34H42N4O2. The fourth-order valence-electron chi connectivity index (χ4n) is 5.26. The van der Waals surface area contributed by atoms with Crippen LogP contribution in [0.15, 0.2) is 79.0 Å². The number of nitrogens with one attached hydrogen (secondary N) is 4. The highest BCUT2D eigenvalue weighted by molar-refractivity contribution is 5.97. The lowest BCUT2D eigenvalue weighted by Crippen LogP contribution is -2.59. The van der Waals surface area contributed by atoms with E-state index in [4.69, 9.17) is 0 Å². The molecule has 0 saturated heterocycles. The summed E-state index contributed by atoms with van der Waals surface area (Å²) in [6.45, 7) is 10.8. The first-order valence-electron chi connectivity index (χ1n) is 14.3. The first-order valence-corrected chi connectivity index (χ1v) is 14.3. The van der Waals surface area contributed by atoms with E-state index in [0.717, 1.165) is 46.1 Å². The molecule has 0 spiro atoms. The van der Waals surface area contributed by atoms with Gasteiger partial charge in [-0.05, 0) is 59.9 Å². The second-order valence-corrected chi connectivity index (χ2v) is 11.4. The molecule has 1 heterocycles. The van der Waals surface area contributed by atoms with Gasteiger partial charge in [0.25, 0.3) is 0 Å². The van der Waals surface area contributed by atoms with Gasteiger partial charge in [0.2, 0.25) is 5.91 Å². The van der Waals surface area contributed by atoms with Crippen LogP contribution in [0, 0.1) is 0 Å². The summed E-state index contributed by atoms with van der Waals surface area (Å²) in [6, 6.07) is 24.0. The van der Waals surface area contributed by atoms with Crippen LogP contribution in [-0.4, -0.2) is 29.0 Å². The van der Waals surface area contributed by atoms with E-state index in [1.165, 1.54) is 5.56 Å². The van der Waals surface area contributed by atoms with Gasteiger partial charge in [-0.2, -0.15) is 0 Å². The molecule has 1 unspecified atom stereocenters. The standard InChI is InChI=1S/C34H42N4O2/c1-23(2)27-17-11-18-28(24(3)4)31(27)37-33(40)38-34(5,21-26-22-36-30-19-10-9-16-29(26)30)32(39)35-20-12-15-25-13-7-6-8-14-25/h6-11,13-14,16-19,22-24,36H,12,15,20-21H2,1-5H3,(H,35,39)(H2,37,38,40). The number of aromatic nitrogens is 1. The lowest BCUT2D eigenvalue weighted by Gasteiger charge is -2.30. The lowest BCUT2D eigenvalue weighted by molar-refractivity contribution is -0.126. The smallest absolute Gasteiger partial charge is 0.320 e. The van der Waals surface area contributed by atoms with E-state index >= 15 is 0 Å². The molecule has 4 N–H and O–H groups in total. The summed E-state index contributed by atoms with van der Waals surface area (Å²) in [4.78, 5) is 30.6. The van der Waals surface area contributed by atoms with Crippen molar-refractivity contribution < 1.29 is 9.59 Å². The predicted molar refractivity (Wildman–Crippen MR) is 165 cm³/mol. The minimum Gasteiger partial charge on any atom is -0.361 e. The number of fused-ring (bicyclic) bond motifs is 1. The first kappa shape index (κ1) is 28.9. The number of aromatic amines is 1. The zero-order valence-corrected chi connectivity index (χ0v) is 24.3. The van der Waals surface area contributed by atoms with Crippen LogP contribution in [0.2, 0.25) is 0 Å². The zero-order chi connectivity index (χ0) is 28.7. The van der Waals surface area contributed by atoms with Crippen molar-refractivity contribution in [2.75, 3.05) is 11.9 Å². The van der Waals surface area contributed by atoms with Crippen molar-refractivity contribution in [2.45, 2.75) is 71.3 Å². The average molecular weight is 539 g/mol. The topological polar surface area (TPSA) is 86.0 Å².